The number of aromatic nitrogens is 3. The Bertz CT molecular complexity index is 1250. The van der Waals surface area contributed by atoms with E-state index in [1.807, 2.05) is 55.7 Å². The van der Waals surface area contributed by atoms with Crippen LogP contribution in [0.5, 0.6) is 0 Å². The van der Waals surface area contributed by atoms with Gasteiger partial charge in [-0.2, -0.15) is 0 Å². The number of nitrogens with zero attached hydrogens (tertiary/aromatic N) is 5. The number of fused-ring (bicyclic) bond motifs is 3. The Kier molecular flexibility index (Phi) is 4.53. The average Bonchev–Trinajstić information content (AvgIpc) is 3.17. The second kappa shape index (κ2) is 7.21. The first kappa shape index (κ1) is 18.2. The van der Waals surface area contributed by atoms with E-state index >= 15 is 0 Å². The molecule has 1 saturated heterocycles. The molecular weight excluding hydrogens is 386 g/mol. The Balaban J connectivity index is 1.41. The highest BCUT2D eigenvalue weighted by atomic mass is 35.5. The van der Waals surface area contributed by atoms with Gasteiger partial charge in [0.25, 0.3) is 0 Å². The maximum atomic E-state index is 13.0. The van der Waals surface area contributed by atoms with Crippen LogP contribution in [-0.2, 0) is 13.6 Å². The number of imidazole rings is 1. The van der Waals surface area contributed by atoms with Gasteiger partial charge in [0.1, 0.15) is 0 Å². The minimum absolute atomic E-state index is 0.0547. The molecule has 0 bridgehead atoms. The van der Waals surface area contributed by atoms with Gasteiger partial charge in [-0.3, -0.25) is 9.47 Å². The molecular formula is C22H22ClN5O. The molecule has 0 aliphatic carbocycles. The molecule has 3 heterocycles. The number of hydrogen-bond donors (Lipinski definition) is 0. The van der Waals surface area contributed by atoms with Crippen molar-refractivity contribution in [2.75, 3.05) is 31.1 Å². The van der Waals surface area contributed by atoms with E-state index in [0.717, 1.165) is 59.1 Å². The molecule has 0 saturated carbocycles. The second-order valence-electron chi connectivity index (χ2n) is 7.48. The number of anilines is 1. The summed E-state index contributed by atoms with van der Waals surface area (Å²) in [5.41, 5.74) is 3.59. The molecule has 1 fully saturated rings. The molecule has 0 atom stereocenters. The van der Waals surface area contributed by atoms with Gasteiger partial charge >= 0.3 is 5.69 Å². The standard InChI is InChI=1S/C22H22ClN5O/c1-25-19-8-4-2-6-17(19)21-24-14-16(28(21)22(25)29)15-26-10-12-27(13-11-26)20-9-5-3-7-18(20)23/h2-9,14H,10-13,15H2,1H3. The van der Waals surface area contributed by atoms with Crippen LogP contribution < -0.4 is 10.6 Å². The summed E-state index contributed by atoms with van der Waals surface area (Å²) in [6.07, 6.45) is 1.84. The zero-order valence-corrected chi connectivity index (χ0v) is 17.0. The third kappa shape index (κ3) is 3.09. The van der Waals surface area contributed by atoms with E-state index < -0.39 is 0 Å². The van der Waals surface area contributed by atoms with E-state index in [0.29, 0.717) is 6.54 Å². The topological polar surface area (TPSA) is 45.8 Å². The maximum absolute atomic E-state index is 13.0. The van der Waals surface area contributed by atoms with Crippen molar-refractivity contribution in [3.05, 3.63) is 75.9 Å². The van der Waals surface area contributed by atoms with Crippen LogP contribution >= 0.6 is 11.6 Å². The molecule has 2 aromatic carbocycles. The monoisotopic (exact) mass is 407 g/mol. The Morgan fingerprint density at radius 2 is 1.72 bits per heavy atom. The van der Waals surface area contributed by atoms with Crippen LogP contribution in [-0.4, -0.2) is 45.0 Å². The van der Waals surface area contributed by atoms with E-state index in [1.54, 1.807) is 8.97 Å². The first-order chi connectivity index (χ1) is 14.1. The van der Waals surface area contributed by atoms with Gasteiger partial charge in [0, 0.05) is 45.2 Å². The number of benzene rings is 2. The molecule has 0 N–H and O–H groups in total. The van der Waals surface area contributed by atoms with Crippen molar-refractivity contribution in [2.24, 2.45) is 7.05 Å². The van der Waals surface area contributed by atoms with Gasteiger partial charge in [-0.25, -0.2) is 14.2 Å². The van der Waals surface area contributed by atoms with Crippen molar-refractivity contribution in [3.63, 3.8) is 0 Å². The number of rotatable bonds is 3. The first-order valence-electron chi connectivity index (χ1n) is 9.79. The molecule has 0 unspecified atom stereocenters. The lowest BCUT2D eigenvalue weighted by atomic mass is 10.2. The molecule has 148 valence electrons. The van der Waals surface area contributed by atoms with Crippen LogP contribution in [0.1, 0.15) is 5.69 Å². The molecule has 4 aromatic rings. The van der Waals surface area contributed by atoms with Crippen molar-refractivity contribution in [1.29, 1.82) is 0 Å². The highest BCUT2D eigenvalue weighted by Gasteiger charge is 2.21. The summed E-state index contributed by atoms with van der Waals surface area (Å²) >= 11 is 6.35. The predicted octanol–water partition coefficient (Wildman–Crippen LogP) is 3.16. The van der Waals surface area contributed by atoms with Gasteiger partial charge in [-0.15, -0.1) is 0 Å². The summed E-state index contributed by atoms with van der Waals surface area (Å²) in [7, 11) is 1.82. The number of halogens is 1. The zero-order valence-electron chi connectivity index (χ0n) is 16.3. The molecule has 0 spiro atoms. The summed E-state index contributed by atoms with van der Waals surface area (Å²) in [6, 6.07) is 15.9. The molecule has 2 aromatic heterocycles. The lowest BCUT2D eigenvalue weighted by Gasteiger charge is -2.36. The number of para-hydroxylation sites is 2. The fraction of sp³-hybridized carbons (Fsp3) is 0.273. The molecule has 0 amide bonds. The predicted molar refractivity (Wildman–Crippen MR) is 117 cm³/mol. The summed E-state index contributed by atoms with van der Waals surface area (Å²) in [6.45, 7) is 4.33. The van der Waals surface area contributed by atoms with Crippen molar-refractivity contribution in [1.82, 2.24) is 18.9 Å². The van der Waals surface area contributed by atoms with Gasteiger partial charge in [-0.05, 0) is 24.3 Å². The summed E-state index contributed by atoms with van der Waals surface area (Å²) in [5, 5.41) is 1.78. The zero-order chi connectivity index (χ0) is 20.0. The van der Waals surface area contributed by atoms with E-state index in [4.69, 9.17) is 11.6 Å². The summed E-state index contributed by atoms with van der Waals surface area (Å²) < 4.78 is 3.45. The third-order valence-corrected chi connectivity index (χ3v) is 6.09. The van der Waals surface area contributed by atoms with Gasteiger partial charge < -0.3 is 4.90 Å². The highest BCUT2D eigenvalue weighted by Crippen LogP contribution is 2.26. The van der Waals surface area contributed by atoms with Crippen LogP contribution in [0.4, 0.5) is 5.69 Å². The quantitative estimate of drug-likeness (QED) is 0.523. The van der Waals surface area contributed by atoms with Crippen molar-refractivity contribution in [2.45, 2.75) is 6.54 Å². The molecule has 5 rings (SSSR count). The lowest BCUT2D eigenvalue weighted by Crippen LogP contribution is -2.46. The van der Waals surface area contributed by atoms with Gasteiger partial charge in [-0.1, -0.05) is 35.9 Å². The van der Waals surface area contributed by atoms with E-state index in [2.05, 4.69) is 20.9 Å². The van der Waals surface area contributed by atoms with Gasteiger partial charge in [0.05, 0.1) is 28.1 Å². The van der Waals surface area contributed by atoms with Crippen LogP contribution in [0.25, 0.3) is 16.6 Å². The fourth-order valence-electron chi connectivity index (χ4n) is 4.19. The van der Waals surface area contributed by atoms with Crippen molar-refractivity contribution >= 4 is 33.8 Å². The molecule has 29 heavy (non-hydrogen) atoms. The Morgan fingerprint density at radius 1 is 1.00 bits per heavy atom. The van der Waals surface area contributed by atoms with Crippen LogP contribution in [0, 0.1) is 0 Å². The third-order valence-electron chi connectivity index (χ3n) is 5.77. The van der Waals surface area contributed by atoms with Crippen LogP contribution in [0.2, 0.25) is 5.02 Å². The fourth-order valence-corrected chi connectivity index (χ4v) is 4.45. The van der Waals surface area contributed by atoms with Crippen LogP contribution in [0.3, 0.4) is 0 Å². The van der Waals surface area contributed by atoms with Gasteiger partial charge in [0.15, 0.2) is 5.65 Å². The number of piperazine rings is 1. The first-order valence-corrected chi connectivity index (χ1v) is 10.2. The molecule has 1 aliphatic heterocycles. The number of hydrogen-bond acceptors (Lipinski definition) is 4. The average molecular weight is 408 g/mol. The second-order valence-corrected chi connectivity index (χ2v) is 7.89. The smallest absolute Gasteiger partial charge is 0.334 e. The lowest BCUT2D eigenvalue weighted by molar-refractivity contribution is 0.246. The highest BCUT2D eigenvalue weighted by molar-refractivity contribution is 6.33. The molecule has 6 nitrogen and oxygen atoms in total. The van der Waals surface area contributed by atoms with Crippen molar-refractivity contribution < 1.29 is 0 Å². The largest absolute Gasteiger partial charge is 0.368 e. The molecule has 1 aliphatic rings. The van der Waals surface area contributed by atoms with Crippen LogP contribution in [0.15, 0.2) is 59.5 Å². The van der Waals surface area contributed by atoms with Crippen molar-refractivity contribution in [3.8, 4) is 0 Å². The maximum Gasteiger partial charge on any atom is 0.334 e. The van der Waals surface area contributed by atoms with Gasteiger partial charge in [0.2, 0.25) is 0 Å². The number of aryl methyl sites for hydroxylation is 1. The summed E-state index contributed by atoms with van der Waals surface area (Å²) in [4.78, 5) is 22.3. The van der Waals surface area contributed by atoms with E-state index in [9.17, 15) is 4.79 Å². The van der Waals surface area contributed by atoms with E-state index in [-0.39, 0.29) is 5.69 Å². The minimum Gasteiger partial charge on any atom is -0.368 e. The normalized spacial score (nSPS) is 15.4. The Morgan fingerprint density at radius 3 is 2.52 bits per heavy atom. The summed E-state index contributed by atoms with van der Waals surface area (Å²) in [5.74, 6) is 0. The SMILES string of the molecule is Cn1c(=O)n2c(CN3CCN(c4ccccc4Cl)CC3)cnc2c2ccccc21. The molecule has 0 radical (unpaired) electrons. The molecule has 7 heteroatoms. The minimum atomic E-state index is -0.0547. The van der Waals surface area contributed by atoms with E-state index in [1.165, 1.54) is 0 Å². The Labute approximate surface area is 173 Å². The Hall–Kier alpha value is -2.83.